The number of pyridine rings is 2. The van der Waals surface area contributed by atoms with Crippen molar-refractivity contribution in [2.24, 2.45) is 7.05 Å². The first kappa shape index (κ1) is 23.7. The van der Waals surface area contributed by atoms with Gasteiger partial charge in [0.15, 0.2) is 0 Å². The largest absolute Gasteiger partial charge is 0.437 e. The summed E-state index contributed by atoms with van der Waals surface area (Å²) in [5, 5.41) is 14.1. The van der Waals surface area contributed by atoms with E-state index in [-0.39, 0.29) is 17.5 Å². The predicted octanol–water partition coefficient (Wildman–Crippen LogP) is 4.46. The lowest BCUT2D eigenvalue weighted by Crippen LogP contribution is -2.30. The van der Waals surface area contributed by atoms with Gasteiger partial charge in [0.2, 0.25) is 5.88 Å². The first-order valence-electron chi connectivity index (χ1n) is 11.0. The molecule has 4 aromatic heterocycles. The molecule has 0 saturated carbocycles. The van der Waals surface area contributed by atoms with Gasteiger partial charge < -0.3 is 24.7 Å². The number of amides is 1. The van der Waals surface area contributed by atoms with Crippen LogP contribution in [0.3, 0.4) is 0 Å². The van der Waals surface area contributed by atoms with Gasteiger partial charge in [0, 0.05) is 46.9 Å². The Balaban J connectivity index is 1.94. The average Bonchev–Trinajstić information content (AvgIpc) is 3.37. The van der Waals surface area contributed by atoms with E-state index in [1.165, 1.54) is 15.9 Å². The van der Waals surface area contributed by atoms with Crippen LogP contribution in [0.2, 0.25) is 0 Å². The molecule has 0 saturated heterocycles. The highest BCUT2D eigenvalue weighted by Gasteiger charge is 2.26. The van der Waals surface area contributed by atoms with Gasteiger partial charge in [0.05, 0.1) is 10.5 Å². The van der Waals surface area contributed by atoms with Crippen LogP contribution < -0.4 is 15.6 Å². The van der Waals surface area contributed by atoms with Crippen molar-refractivity contribution in [3.8, 4) is 22.1 Å². The fourth-order valence-corrected chi connectivity index (χ4v) is 4.71. The Morgan fingerprint density at radius 1 is 1.32 bits per heavy atom. The third-order valence-corrected chi connectivity index (χ3v) is 6.81. The summed E-state index contributed by atoms with van der Waals surface area (Å²) >= 11 is 1.37. The number of carbonyl (C=O) groups excluding carboxylic acids is 1. The molecule has 4 aromatic rings. The minimum atomic E-state index is -1.10. The van der Waals surface area contributed by atoms with Crippen LogP contribution in [0.5, 0.6) is 11.6 Å². The number of nitrogens with one attached hydrogen (secondary N) is 2. The second kappa shape index (κ2) is 8.73. The summed E-state index contributed by atoms with van der Waals surface area (Å²) in [7, 11) is 1.66. The second-order valence-corrected chi connectivity index (χ2v) is 10.2. The van der Waals surface area contributed by atoms with E-state index in [0.717, 1.165) is 10.4 Å². The lowest BCUT2D eigenvalue weighted by Gasteiger charge is -2.13. The van der Waals surface area contributed by atoms with Crippen molar-refractivity contribution in [2.75, 3.05) is 0 Å². The third-order valence-electron chi connectivity index (χ3n) is 5.34. The maximum atomic E-state index is 12.9. The molecule has 0 aromatic carbocycles. The van der Waals surface area contributed by atoms with Crippen molar-refractivity contribution < 1.29 is 14.6 Å². The summed E-state index contributed by atoms with van der Waals surface area (Å²) in [5.41, 5.74) is 0.859. The van der Waals surface area contributed by atoms with Crippen LogP contribution in [0, 0.1) is 6.92 Å². The number of rotatable bonds is 6. The molecule has 4 heterocycles. The minimum absolute atomic E-state index is 0.0468. The number of ether oxygens (including phenoxy) is 1. The average molecular weight is 481 g/mol. The van der Waals surface area contributed by atoms with Crippen molar-refractivity contribution in [2.45, 2.75) is 46.3 Å². The zero-order valence-electron chi connectivity index (χ0n) is 20.0. The van der Waals surface area contributed by atoms with Gasteiger partial charge in [-0.15, -0.1) is 11.3 Å². The zero-order valence-corrected chi connectivity index (χ0v) is 20.8. The molecular formula is C25H28N4O4S. The molecule has 1 amide bonds. The van der Waals surface area contributed by atoms with Gasteiger partial charge in [-0.1, -0.05) is 6.07 Å². The van der Waals surface area contributed by atoms with Crippen LogP contribution in [0.15, 0.2) is 41.5 Å². The first-order valence-corrected chi connectivity index (χ1v) is 11.8. The molecule has 8 nitrogen and oxygen atoms in total. The Morgan fingerprint density at radius 2 is 2.06 bits per heavy atom. The molecule has 3 N–H and O–H groups in total. The van der Waals surface area contributed by atoms with Gasteiger partial charge >= 0.3 is 0 Å². The SMILES string of the molecule is Cc1cccnc1Oc1cc(C(C)(C)O)sc1-c1cn(C)c(=O)c2[nH]c(C(=O)NC(C)C)cc12. The summed E-state index contributed by atoms with van der Waals surface area (Å²) in [4.78, 5) is 34.3. The van der Waals surface area contributed by atoms with E-state index in [0.29, 0.717) is 38.7 Å². The van der Waals surface area contributed by atoms with Gasteiger partial charge in [-0.25, -0.2) is 4.98 Å². The highest BCUT2D eigenvalue weighted by atomic mass is 32.1. The molecule has 0 spiro atoms. The third kappa shape index (κ3) is 4.49. The Kier molecular flexibility index (Phi) is 6.09. The van der Waals surface area contributed by atoms with E-state index in [9.17, 15) is 14.7 Å². The molecule has 0 aliphatic rings. The molecule has 178 valence electrons. The quantitative estimate of drug-likeness (QED) is 0.378. The normalized spacial score (nSPS) is 11.9. The highest BCUT2D eigenvalue weighted by molar-refractivity contribution is 7.16. The number of thiophene rings is 1. The number of nitrogens with zero attached hydrogens (tertiary/aromatic N) is 2. The summed E-state index contributed by atoms with van der Waals surface area (Å²) in [6.45, 7) is 9.07. The molecule has 9 heteroatoms. The van der Waals surface area contributed by atoms with Crippen LogP contribution >= 0.6 is 11.3 Å². The van der Waals surface area contributed by atoms with Crippen LogP contribution in [0.1, 0.15) is 48.6 Å². The highest BCUT2D eigenvalue weighted by Crippen LogP contribution is 2.45. The number of aromatic nitrogens is 3. The fourth-order valence-electron chi connectivity index (χ4n) is 3.60. The van der Waals surface area contributed by atoms with Crippen LogP contribution in [-0.2, 0) is 12.6 Å². The number of aromatic amines is 1. The first-order chi connectivity index (χ1) is 16.0. The van der Waals surface area contributed by atoms with Gasteiger partial charge in [0.1, 0.15) is 17.0 Å². The topological polar surface area (TPSA) is 109 Å². The van der Waals surface area contributed by atoms with Gasteiger partial charge in [-0.2, -0.15) is 0 Å². The summed E-state index contributed by atoms with van der Waals surface area (Å²) in [6.07, 6.45) is 3.38. The number of carbonyl (C=O) groups is 1. The number of aliphatic hydroxyl groups is 1. The Hall–Kier alpha value is -3.43. The number of H-pyrrole nitrogens is 1. The van der Waals surface area contributed by atoms with E-state index >= 15 is 0 Å². The lowest BCUT2D eigenvalue weighted by atomic mass is 10.1. The molecule has 0 atom stereocenters. The predicted molar refractivity (Wildman–Crippen MR) is 134 cm³/mol. The van der Waals surface area contributed by atoms with E-state index in [1.54, 1.807) is 45.4 Å². The molecular weight excluding hydrogens is 452 g/mol. The van der Waals surface area contributed by atoms with Crippen molar-refractivity contribution >= 4 is 28.1 Å². The Labute approximate surface area is 201 Å². The molecule has 0 aliphatic heterocycles. The minimum Gasteiger partial charge on any atom is -0.437 e. The Bertz CT molecular complexity index is 1440. The van der Waals surface area contributed by atoms with Crippen LogP contribution in [0.4, 0.5) is 0 Å². The van der Waals surface area contributed by atoms with Crippen molar-refractivity contribution in [1.29, 1.82) is 0 Å². The molecule has 0 bridgehead atoms. The standard InChI is InChI=1S/C25H28N4O4S/c1-13(2)27-22(30)17-10-15-16(12-29(6)24(31)20(15)28-17)21-18(11-19(34-21)25(4,5)32)33-23-14(3)8-7-9-26-23/h7-13,28,32H,1-6H3,(H,27,30). The van der Waals surface area contributed by atoms with Gasteiger partial charge in [-0.05, 0) is 52.8 Å². The van der Waals surface area contributed by atoms with Crippen molar-refractivity contribution in [3.05, 3.63) is 63.1 Å². The summed E-state index contributed by atoms with van der Waals surface area (Å²) in [5.74, 6) is 0.678. The summed E-state index contributed by atoms with van der Waals surface area (Å²) in [6, 6.07) is 7.17. The lowest BCUT2D eigenvalue weighted by molar-refractivity contribution is 0.0824. The number of fused-ring (bicyclic) bond motifs is 1. The fraction of sp³-hybridized carbons (Fsp3) is 0.320. The van der Waals surface area contributed by atoms with E-state index < -0.39 is 5.60 Å². The second-order valence-electron chi connectivity index (χ2n) is 9.15. The van der Waals surface area contributed by atoms with E-state index in [1.807, 2.05) is 32.9 Å². The molecule has 4 rings (SSSR count). The zero-order chi connectivity index (χ0) is 24.8. The Morgan fingerprint density at radius 3 is 2.71 bits per heavy atom. The number of hydrogen-bond acceptors (Lipinski definition) is 6. The molecule has 34 heavy (non-hydrogen) atoms. The smallest absolute Gasteiger partial charge is 0.274 e. The van der Waals surface area contributed by atoms with Crippen LogP contribution in [-0.4, -0.2) is 31.6 Å². The monoisotopic (exact) mass is 480 g/mol. The number of aryl methyl sites for hydroxylation is 2. The van der Waals surface area contributed by atoms with Crippen molar-refractivity contribution in [3.63, 3.8) is 0 Å². The molecule has 0 radical (unpaired) electrons. The maximum absolute atomic E-state index is 12.9. The molecule has 0 unspecified atom stereocenters. The maximum Gasteiger partial charge on any atom is 0.274 e. The van der Waals surface area contributed by atoms with E-state index in [4.69, 9.17) is 4.74 Å². The molecule has 0 fully saturated rings. The van der Waals surface area contributed by atoms with Crippen LogP contribution in [0.25, 0.3) is 21.3 Å². The molecule has 0 aliphatic carbocycles. The summed E-state index contributed by atoms with van der Waals surface area (Å²) < 4.78 is 7.68. The van der Waals surface area contributed by atoms with Crippen molar-refractivity contribution in [1.82, 2.24) is 19.9 Å². The van der Waals surface area contributed by atoms with E-state index in [2.05, 4.69) is 15.3 Å². The number of hydrogen-bond donors (Lipinski definition) is 3. The van der Waals surface area contributed by atoms with Gasteiger partial charge in [0.25, 0.3) is 11.5 Å². The van der Waals surface area contributed by atoms with Gasteiger partial charge in [-0.3, -0.25) is 9.59 Å².